The number of esters is 1. The van der Waals surface area contributed by atoms with Crippen molar-refractivity contribution in [1.29, 1.82) is 0 Å². The van der Waals surface area contributed by atoms with Crippen LogP contribution in [0.5, 0.6) is 0 Å². The van der Waals surface area contributed by atoms with E-state index in [0.29, 0.717) is 33.5 Å². The van der Waals surface area contributed by atoms with E-state index in [1.807, 2.05) is 32.0 Å². The Kier molecular flexibility index (Phi) is 6.01. The maximum atomic E-state index is 13.4. The lowest BCUT2D eigenvalue weighted by Crippen LogP contribution is -2.51. The maximum absolute atomic E-state index is 13.4. The van der Waals surface area contributed by atoms with E-state index in [2.05, 4.69) is 16.3 Å². The van der Waals surface area contributed by atoms with Crippen LogP contribution in [0.3, 0.4) is 0 Å². The number of benzene rings is 2. The second-order valence-electron chi connectivity index (χ2n) is 9.91. The van der Waals surface area contributed by atoms with Crippen molar-refractivity contribution < 1.29 is 14.3 Å². The van der Waals surface area contributed by atoms with Gasteiger partial charge in [0.1, 0.15) is 0 Å². The Hall–Kier alpha value is -3.39. The van der Waals surface area contributed by atoms with Crippen LogP contribution in [0, 0.1) is 12.3 Å². The highest BCUT2D eigenvalue weighted by molar-refractivity contribution is 5.95. The smallest absolute Gasteiger partial charge is 0.339 e. The predicted octanol–water partition coefficient (Wildman–Crippen LogP) is 3.82. The summed E-state index contributed by atoms with van der Waals surface area (Å²) < 4.78 is 12.1. The van der Waals surface area contributed by atoms with E-state index < -0.39 is 5.97 Å². The first-order valence-corrected chi connectivity index (χ1v) is 12.1. The van der Waals surface area contributed by atoms with Crippen molar-refractivity contribution in [3.05, 3.63) is 63.4 Å². The lowest BCUT2D eigenvalue weighted by molar-refractivity contribution is -0.124. The van der Waals surface area contributed by atoms with Gasteiger partial charge in [0.2, 0.25) is 5.95 Å². The van der Waals surface area contributed by atoms with E-state index in [1.165, 1.54) is 7.11 Å². The van der Waals surface area contributed by atoms with Crippen LogP contribution in [0.25, 0.3) is 10.9 Å². The fraction of sp³-hybridized carbons (Fsp3) is 0.444. The van der Waals surface area contributed by atoms with Crippen molar-refractivity contribution in [2.24, 2.45) is 12.5 Å². The molecule has 8 nitrogen and oxygen atoms in total. The molecule has 184 valence electrons. The van der Waals surface area contributed by atoms with E-state index in [1.54, 1.807) is 23.7 Å². The minimum Gasteiger partial charge on any atom is -0.465 e. The Balaban J connectivity index is 1.53. The van der Waals surface area contributed by atoms with E-state index in [0.717, 1.165) is 50.3 Å². The Labute approximate surface area is 204 Å². The third-order valence-corrected chi connectivity index (χ3v) is 7.42. The van der Waals surface area contributed by atoms with Crippen molar-refractivity contribution in [3.8, 4) is 0 Å². The van der Waals surface area contributed by atoms with Gasteiger partial charge in [-0.05, 0) is 50.5 Å². The zero-order valence-electron chi connectivity index (χ0n) is 20.8. The summed E-state index contributed by atoms with van der Waals surface area (Å²) in [5.41, 5.74) is 3.99. The molecular weight excluding hydrogens is 444 g/mol. The molecule has 0 radical (unpaired) electrons. The zero-order chi connectivity index (χ0) is 24.7. The summed E-state index contributed by atoms with van der Waals surface area (Å²) in [6, 6.07) is 11.0. The number of ether oxygens (including phenoxy) is 2. The van der Waals surface area contributed by atoms with Crippen molar-refractivity contribution in [1.82, 2.24) is 9.55 Å². The van der Waals surface area contributed by atoms with Crippen molar-refractivity contribution in [2.45, 2.75) is 32.7 Å². The van der Waals surface area contributed by atoms with Gasteiger partial charge in [0.25, 0.3) is 5.56 Å². The van der Waals surface area contributed by atoms with Crippen LogP contribution in [-0.2, 0) is 16.5 Å². The minimum absolute atomic E-state index is 0.0515. The average Bonchev–Trinajstić information content (AvgIpc) is 2.85. The maximum Gasteiger partial charge on any atom is 0.339 e. The predicted molar refractivity (Wildman–Crippen MR) is 136 cm³/mol. The second kappa shape index (κ2) is 9.00. The van der Waals surface area contributed by atoms with Gasteiger partial charge in [0.15, 0.2) is 0 Å². The van der Waals surface area contributed by atoms with Gasteiger partial charge >= 0.3 is 5.97 Å². The molecule has 0 aliphatic carbocycles. The summed E-state index contributed by atoms with van der Waals surface area (Å²) in [5, 5.41) is 4.04. The summed E-state index contributed by atoms with van der Waals surface area (Å²) >= 11 is 0. The molecule has 1 spiro atoms. The molecule has 0 saturated carbocycles. The molecule has 1 N–H and O–H groups in total. The molecule has 5 rings (SSSR count). The summed E-state index contributed by atoms with van der Waals surface area (Å²) in [6.07, 6.45) is 2.09. The number of hydrogen-bond acceptors (Lipinski definition) is 7. The topological polar surface area (TPSA) is 85.7 Å². The Morgan fingerprint density at radius 2 is 1.91 bits per heavy atom. The molecule has 1 atom stereocenters. The lowest BCUT2D eigenvalue weighted by Gasteiger charge is -2.47. The van der Waals surface area contributed by atoms with Crippen LogP contribution >= 0.6 is 0 Å². The third kappa shape index (κ3) is 4.16. The zero-order valence-corrected chi connectivity index (χ0v) is 20.8. The lowest BCUT2D eigenvalue weighted by atomic mass is 9.77. The molecule has 1 aromatic heterocycles. The van der Waals surface area contributed by atoms with E-state index in [-0.39, 0.29) is 11.6 Å². The molecule has 3 aromatic rings. The van der Waals surface area contributed by atoms with Gasteiger partial charge in [-0.3, -0.25) is 9.36 Å². The first-order chi connectivity index (χ1) is 16.8. The molecule has 8 heteroatoms. The monoisotopic (exact) mass is 476 g/mol. The van der Waals surface area contributed by atoms with Crippen molar-refractivity contribution in [2.75, 3.05) is 43.6 Å². The number of para-hydroxylation sites is 1. The Morgan fingerprint density at radius 1 is 1.20 bits per heavy atom. The van der Waals surface area contributed by atoms with Crippen LogP contribution in [-0.4, -0.2) is 48.9 Å². The van der Waals surface area contributed by atoms with E-state index in [9.17, 15) is 9.59 Å². The molecule has 2 fully saturated rings. The minimum atomic E-state index is -0.400. The third-order valence-electron chi connectivity index (χ3n) is 7.42. The Morgan fingerprint density at radius 3 is 2.57 bits per heavy atom. The van der Waals surface area contributed by atoms with Crippen LogP contribution in [0.1, 0.15) is 47.3 Å². The number of carbonyl (C=O) groups excluding carboxylic acids is 1. The van der Waals surface area contributed by atoms with Crippen LogP contribution in [0.2, 0.25) is 0 Å². The normalized spacial score (nSPS) is 17.8. The number of rotatable bonds is 5. The van der Waals surface area contributed by atoms with Gasteiger partial charge in [-0.1, -0.05) is 18.2 Å². The highest BCUT2D eigenvalue weighted by atomic mass is 16.5. The van der Waals surface area contributed by atoms with E-state index in [4.69, 9.17) is 14.5 Å². The quantitative estimate of drug-likeness (QED) is 0.561. The molecule has 2 saturated heterocycles. The summed E-state index contributed by atoms with van der Waals surface area (Å²) in [5.74, 6) is 0.299. The first-order valence-electron chi connectivity index (χ1n) is 12.1. The number of fused-ring (bicyclic) bond motifs is 1. The number of anilines is 2. The molecule has 3 heterocycles. The summed E-state index contributed by atoms with van der Waals surface area (Å²) in [6.45, 7) is 7.39. The number of carbonyl (C=O) groups is 1. The average molecular weight is 477 g/mol. The van der Waals surface area contributed by atoms with Crippen LogP contribution < -0.4 is 15.8 Å². The second-order valence-corrected chi connectivity index (χ2v) is 9.91. The van der Waals surface area contributed by atoms with Crippen molar-refractivity contribution >= 4 is 28.5 Å². The highest BCUT2D eigenvalue weighted by Gasteiger charge is 2.41. The molecule has 2 aromatic carbocycles. The largest absolute Gasteiger partial charge is 0.465 e. The highest BCUT2D eigenvalue weighted by Crippen LogP contribution is 2.39. The van der Waals surface area contributed by atoms with Crippen LogP contribution in [0.4, 0.5) is 11.6 Å². The molecule has 2 aliphatic heterocycles. The number of aryl methyl sites for hydroxylation is 1. The van der Waals surface area contributed by atoms with Gasteiger partial charge in [0, 0.05) is 36.8 Å². The number of nitrogens with one attached hydrogen (secondary N) is 1. The molecular formula is C27H32N4O4. The van der Waals surface area contributed by atoms with Gasteiger partial charge in [-0.25, -0.2) is 9.78 Å². The number of nitrogens with zero attached hydrogens (tertiary/aromatic N) is 3. The number of hydrogen-bond donors (Lipinski definition) is 1. The van der Waals surface area contributed by atoms with Crippen LogP contribution in [0.15, 0.2) is 41.2 Å². The molecule has 1 unspecified atom stereocenters. The molecule has 35 heavy (non-hydrogen) atoms. The van der Waals surface area contributed by atoms with Gasteiger partial charge in [-0.15, -0.1) is 0 Å². The van der Waals surface area contributed by atoms with E-state index >= 15 is 0 Å². The summed E-state index contributed by atoms with van der Waals surface area (Å²) in [4.78, 5) is 33.0. The van der Waals surface area contributed by atoms with Gasteiger partial charge in [0.05, 0.1) is 42.8 Å². The standard InChI is InChI=1S/C27H32N4O4/c1-17-13-20(18(2)28-22-8-6-5-7-19(22)25(33)34-4)23-21(14-17)24(32)30(3)26(29-23)31-11-9-27(10-12-31)15-35-16-27/h5-8,13-14,18,28H,9-12,15-16H2,1-4H3. The molecule has 0 amide bonds. The molecule has 0 bridgehead atoms. The van der Waals surface area contributed by atoms with Gasteiger partial charge in [-0.2, -0.15) is 0 Å². The molecule has 2 aliphatic rings. The number of piperidine rings is 1. The van der Waals surface area contributed by atoms with Gasteiger partial charge < -0.3 is 19.7 Å². The number of methoxy groups -OCH3 is 1. The Bertz CT molecular complexity index is 1330. The number of aromatic nitrogens is 2. The summed E-state index contributed by atoms with van der Waals surface area (Å²) in [7, 11) is 3.18. The van der Waals surface area contributed by atoms with Crippen molar-refractivity contribution in [3.63, 3.8) is 0 Å². The SMILES string of the molecule is COC(=O)c1ccccc1NC(C)c1cc(C)cc2c(=O)n(C)c(N3CCC4(CC3)COC4)nc12. The fourth-order valence-electron chi connectivity index (χ4n) is 5.22. The fourth-order valence-corrected chi connectivity index (χ4v) is 5.22. The first kappa shape index (κ1) is 23.4.